The molecule has 2 N–H and O–H groups in total. The third-order valence-corrected chi connectivity index (χ3v) is 10.6. The Hall–Kier alpha value is -6.38. The molecule has 300 valence electrons. The third-order valence-electron chi connectivity index (χ3n) is 10.1. The number of aromatic nitrogens is 6. The number of aryl methyl sites for hydroxylation is 2. The second-order valence-electron chi connectivity index (χ2n) is 14.0. The largest absolute Gasteiger partial charge is 0.497 e. The molecule has 14 nitrogen and oxygen atoms in total. The van der Waals surface area contributed by atoms with E-state index in [1.165, 1.54) is 0 Å². The van der Waals surface area contributed by atoms with E-state index in [0.29, 0.717) is 62.8 Å². The van der Waals surface area contributed by atoms with Crippen molar-refractivity contribution in [2.24, 2.45) is 9.98 Å². The van der Waals surface area contributed by atoms with Gasteiger partial charge in [-0.2, -0.15) is 0 Å². The maximum atomic E-state index is 13.6. The lowest BCUT2D eigenvalue weighted by Crippen LogP contribution is -2.29. The fraction of sp³-hybridized carbons (Fsp3) is 0.256. The van der Waals surface area contributed by atoms with E-state index in [4.69, 9.17) is 42.7 Å². The number of nitrogens with one attached hydrogen (secondary N) is 2. The SMILES string of the molecule is CCNC(=O)C[C@H]1N=C(c2ccc(Cl)cc2)c2cc(OCCNC(=O)C[C@H]3N=C(c4ccc(Cl)cc4)c4cc(OC)ccc4-n4c(C)nnc43)ccc2-n2c(C)nnc21. The average Bonchev–Trinajstić information content (AvgIpc) is 3.74. The maximum Gasteiger partial charge on any atom is 0.222 e. The smallest absolute Gasteiger partial charge is 0.222 e. The van der Waals surface area contributed by atoms with E-state index < -0.39 is 12.1 Å². The number of halogens is 2. The van der Waals surface area contributed by atoms with Gasteiger partial charge in [-0.15, -0.1) is 20.4 Å². The Morgan fingerprint density at radius 1 is 0.661 bits per heavy atom. The molecule has 0 radical (unpaired) electrons. The van der Waals surface area contributed by atoms with E-state index in [2.05, 4.69) is 31.0 Å². The molecule has 0 spiro atoms. The second kappa shape index (κ2) is 16.8. The molecule has 2 aliphatic rings. The van der Waals surface area contributed by atoms with E-state index in [-0.39, 0.29) is 37.8 Å². The van der Waals surface area contributed by atoms with Gasteiger partial charge in [0.05, 0.1) is 49.3 Å². The molecule has 6 aromatic rings. The maximum absolute atomic E-state index is 13.6. The summed E-state index contributed by atoms with van der Waals surface area (Å²) in [7, 11) is 1.62. The highest BCUT2D eigenvalue weighted by atomic mass is 35.5. The molecular formula is C43H40Cl2N10O4. The molecule has 0 fully saturated rings. The van der Waals surface area contributed by atoms with Crippen molar-refractivity contribution in [3.05, 3.63) is 141 Å². The number of nitrogens with zero attached hydrogens (tertiary/aromatic N) is 8. The van der Waals surface area contributed by atoms with Gasteiger partial charge in [0.2, 0.25) is 11.8 Å². The monoisotopic (exact) mass is 830 g/mol. The molecule has 2 aliphatic heterocycles. The summed E-state index contributed by atoms with van der Waals surface area (Å²) < 4.78 is 15.7. The fourth-order valence-corrected chi connectivity index (χ4v) is 7.62. The van der Waals surface area contributed by atoms with Crippen LogP contribution in [-0.4, -0.2) is 79.6 Å². The first-order chi connectivity index (χ1) is 28.6. The van der Waals surface area contributed by atoms with Gasteiger partial charge in [0.1, 0.15) is 41.8 Å². The summed E-state index contributed by atoms with van der Waals surface area (Å²) in [6.07, 6.45) is 0.104. The van der Waals surface area contributed by atoms with E-state index >= 15 is 0 Å². The molecule has 4 heterocycles. The highest BCUT2D eigenvalue weighted by molar-refractivity contribution is 6.31. The summed E-state index contributed by atoms with van der Waals surface area (Å²) in [4.78, 5) is 36.8. The zero-order valence-electron chi connectivity index (χ0n) is 32.7. The van der Waals surface area contributed by atoms with Gasteiger partial charge in [-0.3, -0.25) is 28.7 Å². The van der Waals surface area contributed by atoms with Crippen molar-refractivity contribution in [1.29, 1.82) is 0 Å². The van der Waals surface area contributed by atoms with Gasteiger partial charge in [0.25, 0.3) is 0 Å². The lowest BCUT2D eigenvalue weighted by Gasteiger charge is -2.15. The Bertz CT molecular complexity index is 2620. The van der Waals surface area contributed by atoms with E-state index in [1.807, 2.05) is 103 Å². The van der Waals surface area contributed by atoms with Crippen LogP contribution < -0.4 is 20.1 Å². The summed E-state index contributed by atoms with van der Waals surface area (Å²) >= 11 is 12.5. The summed E-state index contributed by atoms with van der Waals surface area (Å²) in [6.45, 7) is 6.51. The lowest BCUT2D eigenvalue weighted by atomic mass is 10.00. The standard InChI is InChI=1S/C43H40Cl2N10O4/c1-5-46-38(56)22-34-42-52-51-25(3)55(42)37-17-15-31(21-33(37)41(48-34)27-8-12-29(45)13-9-27)59-19-18-47-39(57)23-35-43-53-50-24(2)54(43)36-16-14-30(58-4)20-32(36)40(49-35)26-6-10-28(44)11-7-26/h6-17,20-21,34-35H,5,18-19,22-23H2,1-4H3,(H,46,56)(H,47,57)/t34-,35-/m1/s1. The van der Waals surface area contributed by atoms with Crippen molar-refractivity contribution in [3.8, 4) is 22.9 Å². The predicted octanol–water partition coefficient (Wildman–Crippen LogP) is 6.68. The molecule has 8 rings (SSSR count). The van der Waals surface area contributed by atoms with Crippen LogP contribution >= 0.6 is 23.2 Å². The van der Waals surface area contributed by atoms with Crippen molar-refractivity contribution >= 4 is 46.4 Å². The predicted molar refractivity (Wildman–Crippen MR) is 225 cm³/mol. The summed E-state index contributed by atoms with van der Waals surface area (Å²) in [5.74, 6) is 3.27. The Morgan fingerprint density at radius 3 is 1.63 bits per heavy atom. The molecule has 0 saturated carbocycles. The molecular weight excluding hydrogens is 791 g/mol. The Labute approximate surface area is 350 Å². The number of aliphatic imine (C=N–C) groups is 2. The van der Waals surface area contributed by atoms with Gasteiger partial charge < -0.3 is 20.1 Å². The number of hydrogen-bond donors (Lipinski definition) is 2. The number of amides is 2. The molecule has 0 bridgehead atoms. The zero-order chi connectivity index (χ0) is 41.2. The van der Waals surface area contributed by atoms with Gasteiger partial charge in [-0.05, 0) is 81.4 Å². The van der Waals surface area contributed by atoms with Gasteiger partial charge in [0, 0.05) is 38.8 Å². The highest BCUT2D eigenvalue weighted by Gasteiger charge is 2.32. The molecule has 0 saturated heterocycles. The number of benzene rings is 4. The van der Waals surface area contributed by atoms with Crippen molar-refractivity contribution in [1.82, 2.24) is 40.2 Å². The minimum absolute atomic E-state index is 0.0121. The minimum Gasteiger partial charge on any atom is -0.497 e. The Balaban J connectivity index is 1.03. The first kappa shape index (κ1) is 39.4. The van der Waals surface area contributed by atoms with Crippen molar-refractivity contribution in [3.63, 3.8) is 0 Å². The van der Waals surface area contributed by atoms with E-state index in [0.717, 1.165) is 33.6 Å². The van der Waals surface area contributed by atoms with Gasteiger partial charge in [-0.25, -0.2) is 0 Å². The number of fused-ring (bicyclic) bond motifs is 6. The summed E-state index contributed by atoms with van der Waals surface area (Å²) in [6, 6.07) is 25.0. The van der Waals surface area contributed by atoms with Crippen LogP contribution in [-0.2, 0) is 9.59 Å². The molecule has 2 atom stereocenters. The van der Waals surface area contributed by atoms with Crippen LogP contribution in [0, 0.1) is 13.8 Å². The Morgan fingerprint density at radius 2 is 1.14 bits per heavy atom. The number of ether oxygens (including phenoxy) is 2. The lowest BCUT2D eigenvalue weighted by molar-refractivity contribution is -0.122. The van der Waals surface area contributed by atoms with Crippen LogP contribution in [0.4, 0.5) is 0 Å². The van der Waals surface area contributed by atoms with Crippen molar-refractivity contribution in [2.45, 2.75) is 45.7 Å². The minimum atomic E-state index is -0.653. The molecule has 16 heteroatoms. The summed E-state index contributed by atoms with van der Waals surface area (Å²) in [5, 5.41) is 24.7. The van der Waals surface area contributed by atoms with Crippen LogP contribution in [0.25, 0.3) is 11.4 Å². The Kier molecular flexibility index (Phi) is 11.3. The average molecular weight is 832 g/mol. The van der Waals surface area contributed by atoms with Crippen LogP contribution in [0.15, 0.2) is 94.9 Å². The first-order valence-corrected chi connectivity index (χ1v) is 19.9. The van der Waals surface area contributed by atoms with Crippen molar-refractivity contribution < 1.29 is 19.1 Å². The van der Waals surface area contributed by atoms with Gasteiger partial charge in [0.15, 0.2) is 11.6 Å². The number of methoxy groups -OCH3 is 1. The van der Waals surface area contributed by atoms with Crippen LogP contribution in [0.3, 0.4) is 0 Å². The number of carbonyl (C=O) groups is 2. The zero-order valence-corrected chi connectivity index (χ0v) is 34.3. The quantitative estimate of drug-likeness (QED) is 0.129. The first-order valence-electron chi connectivity index (χ1n) is 19.1. The molecule has 0 aliphatic carbocycles. The molecule has 4 aromatic carbocycles. The van der Waals surface area contributed by atoms with E-state index in [9.17, 15) is 9.59 Å². The fourth-order valence-electron chi connectivity index (χ4n) is 7.37. The van der Waals surface area contributed by atoms with Crippen molar-refractivity contribution in [2.75, 3.05) is 26.8 Å². The van der Waals surface area contributed by atoms with Gasteiger partial charge >= 0.3 is 0 Å². The molecule has 2 amide bonds. The number of carbonyl (C=O) groups excluding carboxylic acids is 2. The van der Waals surface area contributed by atoms with Crippen LogP contribution in [0.2, 0.25) is 10.0 Å². The number of hydrogen-bond acceptors (Lipinski definition) is 10. The third kappa shape index (κ3) is 8.05. The number of rotatable bonds is 12. The summed E-state index contributed by atoms with van der Waals surface area (Å²) in [5.41, 5.74) is 6.16. The second-order valence-corrected chi connectivity index (χ2v) is 14.9. The molecule has 2 aromatic heterocycles. The van der Waals surface area contributed by atoms with E-state index in [1.54, 1.807) is 19.2 Å². The normalized spacial score (nSPS) is 15.3. The highest BCUT2D eigenvalue weighted by Crippen LogP contribution is 2.36. The molecule has 0 unspecified atom stereocenters. The molecule has 59 heavy (non-hydrogen) atoms. The topological polar surface area (TPSA) is 163 Å². The van der Waals surface area contributed by atoms with Crippen LogP contribution in [0.1, 0.15) is 77.4 Å². The van der Waals surface area contributed by atoms with Crippen LogP contribution in [0.5, 0.6) is 11.5 Å². The van der Waals surface area contributed by atoms with Gasteiger partial charge in [-0.1, -0.05) is 47.5 Å².